The number of aromatic nitrogens is 3. The number of ether oxygens (including phenoxy) is 1. The number of pyridine rings is 1. The van der Waals surface area contributed by atoms with Crippen LogP contribution in [0.1, 0.15) is 51.6 Å². The molecule has 14 heteroatoms. The second-order valence-electron chi connectivity index (χ2n) is 11.7. The Balaban J connectivity index is 1.25. The van der Waals surface area contributed by atoms with Gasteiger partial charge in [0.25, 0.3) is 11.8 Å². The van der Waals surface area contributed by atoms with Crippen LogP contribution in [0.2, 0.25) is 0 Å². The number of benzene rings is 1. The molecule has 2 amide bonds. The molecular weight excluding hydrogens is 572 g/mol. The molecule has 5 rings (SSSR count). The summed E-state index contributed by atoms with van der Waals surface area (Å²) in [4.78, 5) is 35.1. The summed E-state index contributed by atoms with van der Waals surface area (Å²) in [7, 11) is 0. The van der Waals surface area contributed by atoms with Crippen molar-refractivity contribution >= 4 is 17.7 Å². The van der Waals surface area contributed by atoms with E-state index in [9.17, 15) is 22.8 Å². The normalized spacial score (nSPS) is 17.5. The first-order chi connectivity index (χ1) is 20.3. The Kier molecular flexibility index (Phi) is 8.41. The van der Waals surface area contributed by atoms with Gasteiger partial charge in [0.1, 0.15) is 11.4 Å². The van der Waals surface area contributed by atoms with E-state index in [-0.39, 0.29) is 42.6 Å². The van der Waals surface area contributed by atoms with E-state index >= 15 is 4.39 Å². The number of carbonyl (C=O) groups excluding carboxylic acids is 2. The molecule has 4 heterocycles. The number of amides is 2. The van der Waals surface area contributed by atoms with E-state index in [0.29, 0.717) is 31.9 Å². The maximum atomic E-state index is 16.3. The van der Waals surface area contributed by atoms with Gasteiger partial charge >= 0.3 is 12.5 Å². The van der Waals surface area contributed by atoms with Crippen molar-refractivity contribution in [2.75, 3.05) is 31.1 Å². The molecule has 2 aliphatic rings. The predicted molar refractivity (Wildman–Crippen MR) is 146 cm³/mol. The number of nitrogens with zero attached hydrogens (tertiary/aromatic N) is 6. The average Bonchev–Trinajstić information content (AvgIpc) is 3.42. The average molecular weight is 605 g/mol. The summed E-state index contributed by atoms with van der Waals surface area (Å²) in [5, 5.41) is 6.88. The van der Waals surface area contributed by atoms with Crippen molar-refractivity contribution in [3.05, 3.63) is 60.0 Å². The molecule has 43 heavy (non-hydrogen) atoms. The highest BCUT2D eigenvalue weighted by Crippen LogP contribution is 2.34. The lowest BCUT2D eigenvalue weighted by molar-refractivity contribution is -0.134. The second-order valence-corrected chi connectivity index (χ2v) is 11.7. The quantitative estimate of drug-likeness (QED) is 0.341. The molecule has 0 unspecified atom stereocenters. The minimum atomic E-state index is -2.92. The first-order valence-electron chi connectivity index (χ1n) is 13.9. The summed E-state index contributed by atoms with van der Waals surface area (Å²) in [6.45, 7) is 6.77. The van der Waals surface area contributed by atoms with E-state index in [1.807, 2.05) is 0 Å². The third kappa shape index (κ3) is 6.95. The zero-order valence-corrected chi connectivity index (χ0v) is 24.0. The number of rotatable bonds is 7. The van der Waals surface area contributed by atoms with E-state index in [1.165, 1.54) is 36.5 Å². The number of anilines is 1. The number of alkyl halides is 3. The smallest absolute Gasteiger partial charge is 0.410 e. The van der Waals surface area contributed by atoms with E-state index in [2.05, 4.69) is 20.1 Å². The monoisotopic (exact) mass is 604 g/mol. The number of halogens is 4. The summed E-state index contributed by atoms with van der Waals surface area (Å²) in [5.41, 5.74) is -2.01. The van der Waals surface area contributed by atoms with E-state index < -0.39 is 41.4 Å². The third-order valence-corrected chi connectivity index (χ3v) is 7.39. The van der Waals surface area contributed by atoms with Gasteiger partial charge in [-0.2, -0.15) is 8.78 Å². The van der Waals surface area contributed by atoms with Gasteiger partial charge in [-0.25, -0.2) is 13.6 Å². The van der Waals surface area contributed by atoms with Crippen molar-refractivity contribution in [2.24, 2.45) is 0 Å². The van der Waals surface area contributed by atoms with E-state index in [0.717, 1.165) is 11.0 Å². The standard InChI is InChI=1S/C29H32F4N6O4/c1-28(2,3)43-27(41)38-16-22(17-38)37-11-9-29(33,10-12-37)26(40)39(21-6-4-5-19(30)13-21)15-20-8-7-18(14-34-20)24-35-36-25(42-24)23(31)32/h4-8,13-14,22-23H,9-12,15-17H2,1-3H3. The Labute approximate surface area is 245 Å². The summed E-state index contributed by atoms with van der Waals surface area (Å²) in [6.07, 6.45) is -2.14. The fourth-order valence-corrected chi connectivity index (χ4v) is 5.03. The van der Waals surface area contributed by atoms with Crippen LogP contribution in [-0.2, 0) is 16.1 Å². The van der Waals surface area contributed by atoms with Crippen LogP contribution in [0.5, 0.6) is 0 Å². The second kappa shape index (κ2) is 11.9. The van der Waals surface area contributed by atoms with Gasteiger partial charge in [-0.3, -0.25) is 14.7 Å². The molecule has 0 saturated carbocycles. The Bertz CT molecular complexity index is 1450. The molecule has 0 aliphatic carbocycles. The van der Waals surface area contributed by atoms with E-state index in [4.69, 9.17) is 9.15 Å². The van der Waals surface area contributed by atoms with Crippen LogP contribution in [0, 0.1) is 5.82 Å². The highest BCUT2D eigenvalue weighted by atomic mass is 19.3. The number of hydrogen-bond donors (Lipinski definition) is 0. The predicted octanol–water partition coefficient (Wildman–Crippen LogP) is 5.16. The molecule has 1 aromatic carbocycles. The van der Waals surface area contributed by atoms with Gasteiger partial charge in [-0.15, -0.1) is 10.2 Å². The van der Waals surface area contributed by atoms with E-state index in [1.54, 1.807) is 25.7 Å². The Morgan fingerprint density at radius 2 is 1.86 bits per heavy atom. The first-order valence-corrected chi connectivity index (χ1v) is 13.9. The van der Waals surface area contributed by atoms with Crippen molar-refractivity contribution in [1.82, 2.24) is 25.0 Å². The molecule has 0 spiro atoms. The summed E-state index contributed by atoms with van der Waals surface area (Å²) in [6, 6.07) is 8.37. The topological polar surface area (TPSA) is 105 Å². The fourth-order valence-electron chi connectivity index (χ4n) is 5.03. The molecule has 2 saturated heterocycles. The van der Waals surface area contributed by atoms with Gasteiger partial charge in [-0.1, -0.05) is 6.07 Å². The van der Waals surface area contributed by atoms with Crippen LogP contribution in [0.4, 0.5) is 28.0 Å². The molecule has 0 bridgehead atoms. The minimum absolute atomic E-state index is 0.0461. The molecule has 2 aliphatic heterocycles. The SMILES string of the molecule is CC(C)(C)OC(=O)N1CC(N2CCC(F)(C(=O)N(Cc3ccc(-c4nnc(C(F)F)o4)cn3)c3cccc(F)c3)CC2)C1. The van der Waals surface area contributed by atoms with Crippen molar-refractivity contribution in [3.8, 4) is 11.5 Å². The molecular formula is C29H32F4N6O4. The van der Waals surface area contributed by atoms with Gasteiger partial charge in [0.05, 0.1) is 17.8 Å². The van der Waals surface area contributed by atoms with Crippen LogP contribution in [-0.4, -0.2) is 80.5 Å². The molecule has 0 atom stereocenters. The van der Waals surface area contributed by atoms with Gasteiger partial charge in [0, 0.05) is 56.9 Å². The van der Waals surface area contributed by atoms with Crippen LogP contribution in [0.15, 0.2) is 47.0 Å². The third-order valence-electron chi connectivity index (χ3n) is 7.39. The maximum absolute atomic E-state index is 16.3. The lowest BCUT2D eigenvalue weighted by Crippen LogP contribution is -2.64. The zero-order valence-electron chi connectivity index (χ0n) is 24.0. The maximum Gasteiger partial charge on any atom is 0.410 e. The molecule has 2 fully saturated rings. The van der Waals surface area contributed by atoms with Crippen molar-refractivity contribution < 1.29 is 36.3 Å². The molecule has 2 aromatic heterocycles. The number of likely N-dealkylation sites (tertiary alicyclic amines) is 2. The van der Waals surface area contributed by atoms with Crippen LogP contribution in [0.3, 0.4) is 0 Å². The Hall–Kier alpha value is -4.07. The summed E-state index contributed by atoms with van der Waals surface area (Å²) >= 11 is 0. The van der Waals surface area contributed by atoms with Crippen molar-refractivity contribution in [3.63, 3.8) is 0 Å². The molecule has 0 radical (unpaired) electrons. The van der Waals surface area contributed by atoms with Crippen LogP contribution < -0.4 is 4.90 Å². The highest BCUT2D eigenvalue weighted by molar-refractivity contribution is 5.99. The number of hydrogen-bond acceptors (Lipinski definition) is 8. The molecule has 230 valence electrons. The van der Waals surface area contributed by atoms with Gasteiger partial charge < -0.3 is 19.0 Å². The molecule has 0 N–H and O–H groups in total. The first kappa shape index (κ1) is 30.4. The number of piperidine rings is 1. The van der Waals surface area contributed by atoms with Crippen molar-refractivity contribution in [1.29, 1.82) is 0 Å². The summed E-state index contributed by atoms with van der Waals surface area (Å²) < 4.78 is 66.4. The zero-order chi connectivity index (χ0) is 30.9. The van der Waals surface area contributed by atoms with Crippen LogP contribution in [0.25, 0.3) is 11.5 Å². The van der Waals surface area contributed by atoms with Gasteiger partial charge in [0.2, 0.25) is 5.89 Å². The molecule has 3 aromatic rings. The molecule has 10 nitrogen and oxygen atoms in total. The lowest BCUT2D eigenvalue weighted by atomic mass is 9.89. The largest absolute Gasteiger partial charge is 0.444 e. The summed E-state index contributed by atoms with van der Waals surface area (Å²) in [5.74, 6) is -2.38. The fraction of sp³-hybridized carbons (Fsp3) is 0.483. The van der Waals surface area contributed by atoms with Crippen LogP contribution >= 0.6 is 0 Å². The lowest BCUT2D eigenvalue weighted by Gasteiger charge is -2.48. The Morgan fingerprint density at radius 3 is 2.44 bits per heavy atom. The van der Waals surface area contributed by atoms with Crippen molar-refractivity contribution in [2.45, 2.75) is 63.9 Å². The van der Waals surface area contributed by atoms with Gasteiger partial charge in [0.15, 0.2) is 5.67 Å². The van der Waals surface area contributed by atoms with Gasteiger partial charge in [-0.05, 0) is 51.1 Å². The minimum Gasteiger partial charge on any atom is -0.444 e. The number of carbonyl (C=O) groups is 2. The Morgan fingerprint density at radius 1 is 1.14 bits per heavy atom. The highest BCUT2D eigenvalue weighted by Gasteiger charge is 2.47.